The Hall–Kier alpha value is -1.06. The van der Waals surface area contributed by atoms with Crippen LogP contribution in [0, 0.1) is 35.5 Å². The summed E-state index contributed by atoms with van der Waals surface area (Å²) >= 11 is 0. The fourth-order valence-corrected chi connectivity index (χ4v) is 4.04. The minimum atomic E-state index is -0.120. The summed E-state index contributed by atoms with van der Waals surface area (Å²) in [6.07, 6.45) is 5.85. The van der Waals surface area contributed by atoms with Crippen LogP contribution >= 0.6 is 0 Å². The van der Waals surface area contributed by atoms with Gasteiger partial charge in [0.15, 0.2) is 0 Å². The van der Waals surface area contributed by atoms with Crippen molar-refractivity contribution in [2.24, 2.45) is 35.5 Å². The lowest BCUT2D eigenvalue weighted by Gasteiger charge is -2.31. The van der Waals surface area contributed by atoms with Crippen molar-refractivity contribution in [3.8, 4) is 0 Å². The molecule has 0 aromatic heterocycles. The van der Waals surface area contributed by atoms with Gasteiger partial charge >= 0.3 is 11.9 Å². The molecule has 0 aromatic carbocycles. The Bertz CT molecular complexity index is 393. The van der Waals surface area contributed by atoms with Gasteiger partial charge in [0, 0.05) is 0 Å². The molecule has 0 radical (unpaired) electrons. The summed E-state index contributed by atoms with van der Waals surface area (Å²) in [6, 6.07) is 0. The van der Waals surface area contributed by atoms with Gasteiger partial charge in [-0.25, -0.2) is 0 Å². The normalized spacial score (nSPS) is 36.8. The van der Waals surface area contributed by atoms with Crippen LogP contribution in [0.1, 0.15) is 66.2 Å². The van der Waals surface area contributed by atoms with Gasteiger partial charge in [-0.1, -0.05) is 27.7 Å². The molecule has 2 fully saturated rings. The Morgan fingerprint density at radius 1 is 0.667 bits per heavy atom. The van der Waals surface area contributed by atoms with Crippen LogP contribution in [0.15, 0.2) is 0 Å². The van der Waals surface area contributed by atoms with E-state index >= 15 is 0 Å². The number of esters is 2. The molecule has 138 valence electrons. The average molecular weight is 338 g/mol. The van der Waals surface area contributed by atoms with Gasteiger partial charge in [0.2, 0.25) is 0 Å². The molecule has 2 rings (SSSR count). The zero-order chi connectivity index (χ0) is 17.7. The van der Waals surface area contributed by atoms with Crippen LogP contribution in [0.2, 0.25) is 0 Å². The standard InChI is InChI=1S/C20H34O4/c1-13-5-7-17(11-15(13)3)19(21)23-9-10-24-20(22)18-8-6-14(2)16(4)12-18/h13-18H,5-12H2,1-4H3. The summed E-state index contributed by atoms with van der Waals surface area (Å²) in [5.74, 6) is 2.33. The molecule has 0 bridgehead atoms. The third-order valence-electron chi connectivity index (χ3n) is 6.43. The molecule has 2 saturated carbocycles. The molecule has 0 aliphatic heterocycles. The second-order valence-corrected chi connectivity index (χ2v) is 8.26. The molecule has 0 saturated heterocycles. The fraction of sp³-hybridized carbons (Fsp3) is 0.900. The highest BCUT2D eigenvalue weighted by molar-refractivity contribution is 5.73. The van der Waals surface area contributed by atoms with Gasteiger partial charge < -0.3 is 9.47 Å². The minimum Gasteiger partial charge on any atom is -0.462 e. The predicted octanol–water partition coefficient (Wildman–Crippen LogP) is 4.22. The van der Waals surface area contributed by atoms with Crippen LogP contribution in [-0.2, 0) is 19.1 Å². The maximum absolute atomic E-state index is 12.1. The minimum absolute atomic E-state index is 0.0209. The molecule has 0 aromatic rings. The van der Waals surface area contributed by atoms with Crippen LogP contribution in [0.5, 0.6) is 0 Å². The van der Waals surface area contributed by atoms with Gasteiger partial charge in [-0.15, -0.1) is 0 Å². The zero-order valence-corrected chi connectivity index (χ0v) is 15.8. The van der Waals surface area contributed by atoms with Crippen molar-refractivity contribution in [2.45, 2.75) is 66.2 Å². The topological polar surface area (TPSA) is 52.6 Å². The lowest BCUT2D eigenvalue weighted by atomic mass is 9.76. The van der Waals surface area contributed by atoms with Crippen molar-refractivity contribution >= 4 is 11.9 Å². The van der Waals surface area contributed by atoms with Crippen LogP contribution in [0.4, 0.5) is 0 Å². The van der Waals surface area contributed by atoms with E-state index in [4.69, 9.17) is 9.47 Å². The Kier molecular flexibility index (Phi) is 7.12. The van der Waals surface area contributed by atoms with Gasteiger partial charge in [-0.05, 0) is 62.2 Å². The molecule has 0 N–H and O–H groups in total. The summed E-state index contributed by atoms with van der Waals surface area (Å²) in [7, 11) is 0. The second-order valence-electron chi connectivity index (χ2n) is 8.26. The van der Waals surface area contributed by atoms with Crippen molar-refractivity contribution in [1.82, 2.24) is 0 Å². The van der Waals surface area contributed by atoms with Gasteiger partial charge in [0.1, 0.15) is 13.2 Å². The number of ether oxygens (including phenoxy) is 2. The van der Waals surface area contributed by atoms with Gasteiger partial charge in [-0.3, -0.25) is 9.59 Å². The summed E-state index contributed by atoms with van der Waals surface area (Å²) in [4.78, 5) is 24.2. The van der Waals surface area contributed by atoms with Crippen molar-refractivity contribution in [3.63, 3.8) is 0 Å². The quantitative estimate of drug-likeness (QED) is 0.556. The van der Waals surface area contributed by atoms with Crippen LogP contribution in [-0.4, -0.2) is 25.2 Å². The van der Waals surface area contributed by atoms with E-state index in [1.54, 1.807) is 0 Å². The van der Waals surface area contributed by atoms with Crippen molar-refractivity contribution in [2.75, 3.05) is 13.2 Å². The highest BCUT2D eigenvalue weighted by atomic mass is 16.6. The van der Waals surface area contributed by atoms with Crippen LogP contribution in [0.25, 0.3) is 0 Å². The molecule has 24 heavy (non-hydrogen) atoms. The molecular formula is C20H34O4. The van der Waals surface area contributed by atoms with Gasteiger partial charge in [0.05, 0.1) is 11.8 Å². The third kappa shape index (κ3) is 5.22. The first-order valence-electron chi connectivity index (χ1n) is 9.71. The van der Waals surface area contributed by atoms with E-state index in [1.807, 2.05) is 0 Å². The number of hydrogen-bond donors (Lipinski definition) is 0. The highest BCUT2D eigenvalue weighted by Crippen LogP contribution is 2.34. The molecule has 2 aliphatic rings. The summed E-state index contributed by atoms with van der Waals surface area (Å²) < 4.78 is 10.6. The average Bonchev–Trinajstić information content (AvgIpc) is 2.56. The lowest BCUT2D eigenvalue weighted by molar-refractivity contribution is -0.159. The Balaban J connectivity index is 1.62. The summed E-state index contributed by atoms with van der Waals surface area (Å²) in [6.45, 7) is 9.28. The van der Waals surface area contributed by atoms with E-state index in [0.717, 1.165) is 38.5 Å². The maximum Gasteiger partial charge on any atom is 0.309 e. The van der Waals surface area contributed by atoms with E-state index in [0.29, 0.717) is 23.7 Å². The molecule has 4 nitrogen and oxygen atoms in total. The predicted molar refractivity (Wildman–Crippen MR) is 93.3 cm³/mol. The van der Waals surface area contributed by atoms with Crippen molar-refractivity contribution in [3.05, 3.63) is 0 Å². The van der Waals surface area contributed by atoms with Crippen LogP contribution in [0.3, 0.4) is 0 Å². The second kappa shape index (κ2) is 8.87. The molecule has 6 unspecified atom stereocenters. The highest BCUT2D eigenvalue weighted by Gasteiger charge is 2.31. The molecule has 0 heterocycles. The smallest absolute Gasteiger partial charge is 0.309 e. The van der Waals surface area contributed by atoms with Crippen molar-refractivity contribution in [1.29, 1.82) is 0 Å². The number of rotatable bonds is 5. The van der Waals surface area contributed by atoms with E-state index < -0.39 is 0 Å². The first-order valence-corrected chi connectivity index (χ1v) is 9.71. The Morgan fingerprint density at radius 2 is 1.04 bits per heavy atom. The van der Waals surface area contributed by atoms with E-state index in [2.05, 4.69) is 27.7 Å². The maximum atomic E-state index is 12.1. The van der Waals surface area contributed by atoms with E-state index in [9.17, 15) is 9.59 Å². The Morgan fingerprint density at radius 3 is 1.38 bits per heavy atom. The van der Waals surface area contributed by atoms with E-state index in [1.165, 1.54) is 0 Å². The third-order valence-corrected chi connectivity index (χ3v) is 6.43. The lowest BCUT2D eigenvalue weighted by Crippen LogP contribution is -2.30. The number of carbonyl (C=O) groups is 2. The van der Waals surface area contributed by atoms with Gasteiger partial charge in [0.25, 0.3) is 0 Å². The molecular weight excluding hydrogens is 304 g/mol. The SMILES string of the molecule is CC1CCC(C(=O)OCCOC(=O)C2CCC(C)C(C)C2)CC1C. The van der Waals surface area contributed by atoms with Crippen molar-refractivity contribution < 1.29 is 19.1 Å². The molecule has 2 aliphatic carbocycles. The molecule has 0 amide bonds. The first kappa shape index (κ1) is 19.3. The Labute approximate surface area is 146 Å². The first-order chi connectivity index (χ1) is 11.4. The summed E-state index contributed by atoms with van der Waals surface area (Å²) in [5, 5.41) is 0. The number of carbonyl (C=O) groups excluding carboxylic acids is 2. The fourth-order valence-electron chi connectivity index (χ4n) is 4.04. The number of hydrogen-bond acceptors (Lipinski definition) is 4. The zero-order valence-electron chi connectivity index (χ0n) is 15.8. The molecule has 6 atom stereocenters. The van der Waals surface area contributed by atoms with E-state index in [-0.39, 0.29) is 37.0 Å². The van der Waals surface area contributed by atoms with Gasteiger partial charge in [-0.2, -0.15) is 0 Å². The monoisotopic (exact) mass is 338 g/mol. The molecule has 0 spiro atoms. The summed E-state index contributed by atoms with van der Waals surface area (Å²) in [5.41, 5.74) is 0. The largest absolute Gasteiger partial charge is 0.462 e. The molecule has 4 heteroatoms. The van der Waals surface area contributed by atoms with Crippen LogP contribution < -0.4 is 0 Å².